The molecular formula is C25H29NO4. The second-order valence-electron chi connectivity index (χ2n) is 9.31. The summed E-state index contributed by atoms with van der Waals surface area (Å²) >= 11 is 0. The van der Waals surface area contributed by atoms with Crippen molar-refractivity contribution in [1.82, 2.24) is 0 Å². The Morgan fingerprint density at radius 2 is 1.80 bits per heavy atom. The molecule has 5 heteroatoms. The second-order valence-corrected chi connectivity index (χ2v) is 9.31. The van der Waals surface area contributed by atoms with Crippen molar-refractivity contribution in [3.8, 4) is 5.75 Å². The monoisotopic (exact) mass is 407 g/mol. The molecule has 30 heavy (non-hydrogen) atoms. The first kappa shape index (κ1) is 20.5. The molecule has 0 N–H and O–H groups in total. The minimum Gasteiger partial charge on any atom is -0.428 e. The van der Waals surface area contributed by atoms with Gasteiger partial charge in [-0.05, 0) is 56.2 Å². The number of carbonyl (C=O) groups is 1. The molecule has 2 heterocycles. The minimum absolute atomic E-state index is 0.184. The molecule has 1 unspecified atom stereocenters. The molecule has 158 valence electrons. The number of nitrogens with zero attached hydrogens (tertiary/aromatic N) is 1. The molecule has 0 aromatic heterocycles. The van der Waals surface area contributed by atoms with Crippen LogP contribution in [0.5, 0.6) is 5.75 Å². The fourth-order valence-electron chi connectivity index (χ4n) is 4.35. The number of hydrogen-bond donors (Lipinski definition) is 0. The standard InChI is InChI=1S/C25H29NO4/c1-23(2,3)30-22(27)29-19-12-10-18(11-13-19)14-15-25-24(4,5)20-8-6-7-9-21(20)26(25)16-17-28-25/h6-15H,16-17H2,1-5H3. The Balaban J connectivity index is 1.53. The van der Waals surface area contributed by atoms with Gasteiger partial charge in [0.2, 0.25) is 0 Å². The molecule has 1 saturated heterocycles. The van der Waals surface area contributed by atoms with E-state index in [1.165, 1.54) is 11.3 Å². The van der Waals surface area contributed by atoms with Crippen LogP contribution in [0.25, 0.3) is 6.08 Å². The van der Waals surface area contributed by atoms with Gasteiger partial charge in [-0.2, -0.15) is 0 Å². The van der Waals surface area contributed by atoms with Crippen LogP contribution in [0.15, 0.2) is 54.6 Å². The van der Waals surface area contributed by atoms with Gasteiger partial charge in [-0.25, -0.2) is 4.79 Å². The summed E-state index contributed by atoms with van der Waals surface area (Å²) in [7, 11) is 0. The number of ether oxygens (including phenoxy) is 3. The van der Waals surface area contributed by atoms with Gasteiger partial charge in [0.1, 0.15) is 11.4 Å². The molecule has 0 aliphatic carbocycles. The van der Waals surface area contributed by atoms with Crippen LogP contribution in [0, 0.1) is 0 Å². The van der Waals surface area contributed by atoms with E-state index >= 15 is 0 Å². The van der Waals surface area contributed by atoms with Gasteiger partial charge in [-0.3, -0.25) is 0 Å². The summed E-state index contributed by atoms with van der Waals surface area (Å²) in [6, 6.07) is 15.9. The van der Waals surface area contributed by atoms with E-state index in [0.717, 1.165) is 12.1 Å². The highest BCUT2D eigenvalue weighted by Gasteiger charge is 2.58. The number of carbonyl (C=O) groups excluding carboxylic acids is 1. The first-order chi connectivity index (χ1) is 14.1. The van der Waals surface area contributed by atoms with Crippen LogP contribution in [-0.4, -0.2) is 30.6 Å². The van der Waals surface area contributed by atoms with Gasteiger partial charge in [0.05, 0.1) is 6.61 Å². The number of fused-ring (bicyclic) bond motifs is 3. The Kier molecular flexibility index (Phi) is 4.89. The smallest absolute Gasteiger partial charge is 0.428 e. The highest BCUT2D eigenvalue weighted by molar-refractivity contribution is 5.70. The summed E-state index contributed by atoms with van der Waals surface area (Å²) in [6.07, 6.45) is 3.53. The van der Waals surface area contributed by atoms with Crippen molar-refractivity contribution in [2.24, 2.45) is 0 Å². The summed E-state index contributed by atoms with van der Waals surface area (Å²) in [6.45, 7) is 11.5. The molecule has 2 aromatic carbocycles. The number of anilines is 1. The summed E-state index contributed by atoms with van der Waals surface area (Å²) in [5.41, 5.74) is 2.26. The molecule has 0 saturated carbocycles. The van der Waals surface area contributed by atoms with E-state index in [4.69, 9.17) is 14.2 Å². The molecule has 2 aromatic rings. The summed E-state index contributed by atoms with van der Waals surface area (Å²) < 4.78 is 16.8. The van der Waals surface area contributed by atoms with Crippen LogP contribution < -0.4 is 9.64 Å². The van der Waals surface area contributed by atoms with Crippen LogP contribution in [0.1, 0.15) is 45.7 Å². The van der Waals surface area contributed by atoms with Crippen molar-refractivity contribution >= 4 is 17.9 Å². The van der Waals surface area contributed by atoms with Crippen LogP contribution >= 0.6 is 0 Å². The zero-order chi connectivity index (χ0) is 21.6. The number of hydrogen-bond acceptors (Lipinski definition) is 5. The molecule has 2 aliphatic rings. The van der Waals surface area contributed by atoms with Crippen LogP contribution in [0.4, 0.5) is 10.5 Å². The SMILES string of the molecule is CC(C)(C)OC(=O)Oc1ccc(C=CC23OCCN2c2ccccc2C3(C)C)cc1. The highest BCUT2D eigenvalue weighted by atomic mass is 16.7. The van der Waals surface area contributed by atoms with Gasteiger partial charge in [-0.1, -0.05) is 50.3 Å². The molecule has 1 atom stereocenters. The van der Waals surface area contributed by atoms with Gasteiger partial charge in [-0.15, -0.1) is 0 Å². The molecule has 0 spiro atoms. The van der Waals surface area contributed by atoms with E-state index in [1.54, 1.807) is 32.9 Å². The topological polar surface area (TPSA) is 48.0 Å². The Morgan fingerprint density at radius 1 is 1.10 bits per heavy atom. The van der Waals surface area contributed by atoms with Crippen molar-refractivity contribution < 1.29 is 19.0 Å². The second kappa shape index (κ2) is 7.17. The Hall–Kier alpha value is -2.79. The van der Waals surface area contributed by atoms with Gasteiger partial charge >= 0.3 is 6.16 Å². The maximum absolute atomic E-state index is 11.8. The van der Waals surface area contributed by atoms with E-state index in [1.807, 2.05) is 12.1 Å². The Labute approximate surface area is 178 Å². The number of benzene rings is 2. The van der Waals surface area contributed by atoms with E-state index in [-0.39, 0.29) is 5.41 Å². The third kappa shape index (κ3) is 3.47. The van der Waals surface area contributed by atoms with E-state index in [9.17, 15) is 4.79 Å². The maximum atomic E-state index is 11.8. The van der Waals surface area contributed by atoms with Crippen molar-refractivity contribution in [1.29, 1.82) is 0 Å². The Morgan fingerprint density at radius 3 is 2.50 bits per heavy atom. The molecule has 4 rings (SSSR count). The van der Waals surface area contributed by atoms with E-state index in [0.29, 0.717) is 12.4 Å². The maximum Gasteiger partial charge on any atom is 0.514 e. The third-order valence-corrected chi connectivity index (χ3v) is 5.77. The lowest BCUT2D eigenvalue weighted by atomic mass is 9.77. The predicted octanol–water partition coefficient (Wildman–Crippen LogP) is 5.54. The summed E-state index contributed by atoms with van der Waals surface area (Å²) in [5, 5.41) is 0. The van der Waals surface area contributed by atoms with E-state index < -0.39 is 17.5 Å². The number of para-hydroxylation sites is 1. The fourth-order valence-corrected chi connectivity index (χ4v) is 4.35. The normalized spacial score (nSPS) is 22.1. The lowest BCUT2D eigenvalue weighted by Gasteiger charge is -2.39. The lowest BCUT2D eigenvalue weighted by molar-refractivity contribution is 0.000335. The molecule has 2 aliphatic heterocycles. The first-order valence-electron chi connectivity index (χ1n) is 10.3. The third-order valence-electron chi connectivity index (χ3n) is 5.77. The zero-order valence-electron chi connectivity index (χ0n) is 18.3. The largest absolute Gasteiger partial charge is 0.514 e. The molecule has 0 radical (unpaired) electrons. The van der Waals surface area contributed by atoms with Gasteiger partial charge in [0.25, 0.3) is 0 Å². The predicted molar refractivity (Wildman–Crippen MR) is 118 cm³/mol. The molecule has 0 bridgehead atoms. The number of rotatable bonds is 3. The average molecular weight is 408 g/mol. The fraction of sp³-hybridized carbons (Fsp3) is 0.400. The molecule has 5 nitrogen and oxygen atoms in total. The highest BCUT2D eigenvalue weighted by Crippen LogP contribution is 2.54. The van der Waals surface area contributed by atoms with Gasteiger partial charge < -0.3 is 19.1 Å². The Bertz CT molecular complexity index is 971. The zero-order valence-corrected chi connectivity index (χ0v) is 18.3. The van der Waals surface area contributed by atoms with Crippen LogP contribution in [0.2, 0.25) is 0 Å². The average Bonchev–Trinajstić information content (AvgIpc) is 3.18. The van der Waals surface area contributed by atoms with Gasteiger partial charge in [0.15, 0.2) is 5.72 Å². The molecular weight excluding hydrogens is 378 g/mol. The quantitative estimate of drug-likeness (QED) is 0.494. The summed E-state index contributed by atoms with van der Waals surface area (Å²) in [4.78, 5) is 14.2. The molecule has 1 fully saturated rings. The van der Waals surface area contributed by atoms with Crippen molar-refractivity contribution in [3.63, 3.8) is 0 Å². The molecule has 0 amide bonds. The lowest BCUT2D eigenvalue weighted by Crippen LogP contribution is -2.51. The van der Waals surface area contributed by atoms with Crippen molar-refractivity contribution in [2.45, 2.75) is 51.4 Å². The van der Waals surface area contributed by atoms with Gasteiger partial charge in [0, 0.05) is 17.6 Å². The van der Waals surface area contributed by atoms with Crippen molar-refractivity contribution in [2.75, 3.05) is 18.1 Å². The van der Waals surface area contributed by atoms with E-state index in [2.05, 4.69) is 55.2 Å². The van der Waals surface area contributed by atoms with Crippen molar-refractivity contribution in [3.05, 3.63) is 65.7 Å². The summed E-state index contributed by atoms with van der Waals surface area (Å²) in [5.74, 6) is 0.451. The minimum atomic E-state index is -0.704. The first-order valence-corrected chi connectivity index (χ1v) is 10.3. The van der Waals surface area contributed by atoms with Crippen LogP contribution in [-0.2, 0) is 14.9 Å². The van der Waals surface area contributed by atoms with Crippen LogP contribution in [0.3, 0.4) is 0 Å².